The van der Waals surface area contributed by atoms with Crippen LogP contribution in [0.3, 0.4) is 0 Å². The highest BCUT2D eigenvalue weighted by molar-refractivity contribution is 5.84. The number of hydrogen-bond donors (Lipinski definition) is 1. The molecule has 0 aliphatic rings. The molecule has 0 aliphatic carbocycles. The molecule has 0 aromatic heterocycles. The van der Waals surface area contributed by atoms with Crippen LogP contribution in [-0.2, 0) is 4.79 Å². The van der Waals surface area contributed by atoms with E-state index in [4.69, 9.17) is 9.47 Å². The standard InChI is InChI=1S/C19H19N3O5/c1-3-12-26-17-8-4-15(5-9-17)13-20-21-19(23)14(2)27-18-10-6-16(7-11-18)22(24)25/h3-11,13-14H,1,12H2,2H3,(H,21,23)/b20-13-/t14-/m1/s1. The number of nitrogens with zero attached hydrogens (tertiary/aromatic N) is 2. The van der Waals surface area contributed by atoms with Gasteiger partial charge >= 0.3 is 0 Å². The third-order valence-corrected chi connectivity index (χ3v) is 3.37. The quantitative estimate of drug-likeness (QED) is 0.317. The summed E-state index contributed by atoms with van der Waals surface area (Å²) in [4.78, 5) is 22.1. The van der Waals surface area contributed by atoms with E-state index >= 15 is 0 Å². The first-order chi connectivity index (χ1) is 13.0. The van der Waals surface area contributed by atoms with Crippen LogP contribution in [0.1, 0.15) is 12.5 Å². The smallest absolute Gasteiger partial charge is 0.280 e. The third kappa shape index (κ3) is 6.28. The molecule has 2 aromatic carbocycles. The van der Waals surface area contributed by atoms with Gasteiger partial charge in [-0.3, -0.25) is 14.9 Å². The number of hydrazone groups is 1. The topological polar surface area (TPSA) is 103 Å². The van der Waals surface area contributed by atoms with Crippen LogP contribution in [0, 0.1) is 10.1 Å². The number of nitro groups is 1. The van der Waals surface area contributed by atoms with Gasteiger partial charge in [-0.25, -0.2) is 5.43 Å². The fraction of sp³-hybridized carbons (Fsp3) is 0.158. The maximum atomic E-state index is 12.0. The number of non-ortho nitro benzene ring substituents is 1. The van der Waals surface area contributed by atoms with E-state index in [0.717, 1.165) is 5.56 Å². The molecule has 0 aliphatic heterocycles. The maximum Gasteiger partial charge on any atom is 0.280 e. The number of nitro benzene ring substituents is 1. The Morgan fingerprint density at radius 3 is 2.44 bits per heavy atom. The van der Waals surface area contributed by atoms with Gasteiger partial charge < -0.3 is 9.47 Å². The molecule has 2 rings (SSSR count). The monoisotopic (exact) mass is 369 g/mol. The molecule has 27 heavy (non-hydrogen) atoms. The van der Waals surface area contributed by atoms with Crippen LogP contribution in [0.5, 0.6) is 11.5 Å². The molecule has 1 atom stereocenters. The predicted molar refractivity (Wildman–Crippen MR) is 101 cm³/mol. The second-order valence-electron chi connectivity index (χ2n) is 5.41. The van der Waals surface area contributed by atoms with Crippen molar-refractivity contribution in [2.24, 2.45) is 5.10 Å². The second-order valence-corrected chi connectivity index (χ2v) is 5.41. The van der Waals surface area contributed by atoms with E-state index in [0.29, 0.717) is 18.1 Å². The Hall–Kier alpha value is -3.68. The fourth-order valence-electron chi connectivity index (χ4n) is 1.97. The number of nitrogens with one attached hydrogen (secondary N) is 1. The van der Waals surface area contributed by atoms with Crippen LogP contribution >= 0.6 is 0 Å². The first-order valence-electron chi connectivity index (χ1n) is 8.07. The highest BCUT2D eigenvalue weighted by Gasteiger charge is 2.14. The highest BCUT2D eigenvalue weighted by atomic mass is 16.6. The Kier molecular flexibility index (Phi) is 7.07. The summed E-state index contributed by atoms with van der Waals surface area (Å²) in [5.74, 6) is 0.610. The zero-order valence-electron chi connectivity index (χ0n) is 14.7. The van der Waals surface area contributed by atoms with Crippen molar-refractivity contribution in [1.82, 2.24) is 5.43 Å². The predicted octanol–water partition coefficient (Wildman–Crippen LogP) is 3.08. The molecule has 0 bridgehead atoms. The summed E-state index contributed by atoms with van der Waals surface area (Å²) < 4.78 is 10.8. The number of carbonyl (C=O) groups excluding carboxylic acids is 1. The lowest BCUT2D eigenvalue weighted by Crippen LogP contribution is -2.33. The van der Waals surface area contributed by atoms with Gasteiger partial charge in [0.25, 0.3) is 11.6 Å². The van der Waals surface area contributed by atoms with Crippen molar-refractivity contribution >= 4 is 17.8 Å². The molecule has 0 heterocycles. The number of ether oxygens (including phenoxy) is 2. The Bertz CT molecular complexity index is 816. The van der Waals surface area contributed by atoms with E-state index in [9.17, 15) is 14.9 Å². The van der Waals surface area contributed by atoms with Gasteiger partial charge in [-0.15, -0.1) is 0 Å². The van der Waals surface area contributed by atoms with Gasteiger partial charge in [-0.1, -0.05) is 12.7 Å². The largest absolute Gasteiger partial charge is 0.490 e. The number of benzene rings is 2. The van der Waals surface area contributed by atoms with Gasteiger partial charge in [-0.2, -0.15) is 5.10 Å². The minimum Gasteiger partial charge on any atom is -0.490 e. The zero-order valence-corrected chi connectivity index (χ0v) is 14.7. The number of amides is 1. The summed E-state index contributed by atoms with van der Waals surface area (Å²) in [5, 5.41) is 14.5. The lowest BCUT2D eigenvalue weighted by Gasteiger charge is -2.12. The Balaban J connectivity index is 1.84. The molecule has 0 radical (unpaired) electrons. The van der Waals surface area contributed by atoms with Gasteiger partial charge in [0.15, 0.2) is 6.10 Å². The minimum atomic E-state index is -0.821. The fourth-order valence-corrected chi connectivity index (χ4v) is 1.97. The molecule has 1 N–H and O–H groups in total. The number of hydrogen-bond acceptors (Lipinski definition) is 6. The molecule has 8 heteroatoms. The van der Waals surface area contributed by atoms with E-state index in [2.05, 4.69) is 17.1 Å². The number of rotatable bonds is 9. The molecule has 0 unspecified atom stereocenters. The van der Waals surface area contributed by atoms with Crippen LogP contribution in [0.25, 0.3) is 0 Å². The SMILES string of the molecule is C=CCOc1ccc(/C=N\NC(=O)[C@@H](C)Oc2ccc([N+](=O)[O-])cc2)cc1. The van der Waals surface area contributed by atoms with E-state index in [1.54, 1.807) is 37.3 Å². The van der Waals surface area contributed by atoms with Crippen molar-refractivity contribution in [3.8, 4) is 11.5 Å². The molecule has 0 saturated heterocycles. The molecule has 140 valence electrons. The van der Waals surface area contributed by atoms with Crippen molar-refractivity contribution in [1.29, 1.82) is 0 Å². The van der Waals surface area contributed by atoms with Gasteiger partial charge in [0.2, 0.25) is 0 Å². The van der Waals surface area contributed by atoms with E-state index < -0.39 is 16.9 Å². The van der Waals surface area contributed by atoms with E-state index in [1.165, 1.54) is 30.5 Å². The van der Waals surface area contributed by atoms with E-state index in [1.807, 2.05) is 0 Å². The van der Waals surface area contributed by atoms with Crippen LogP contribution in [0.15, 0.2) is 66.3 Å². The molecule has 1 amide bonds. The molecule has 0 saturated carbocycles. The molecule has 2 aromatic rings. The summed E-state index contributed by atoms with van der Waals surface area (Å²) in [5.41, 5.74) is 3.11. The van der Waals surface area contributed by atoms with Crippen molar-refractivity contribution in [3.63, 3.8) is 0 Å². The van der Waals surface area contributed by atoms with Gasteiger partial charge in [0, 0.05) is 12.1 Å². The van der Waals surface area contributed by atoms with Gasteiger partial charge in [0.1, 0.15) is 18.1 Å². The molecular formula is C19H19N3O5. The first-order valence-corrected chi connectivity index (χ1v) is 8.07. The summed E-state index contributed by atoms with van der Waals surface area (Å²) in [7, 11) is 0. The molecule has 0 spiro atoms. The van der Waals surface area contributed by atoms with Crippen LogP contribution in [0.4, 0.5) is 5.69 Å². The maximum absolute atomic E-state index is 12.0. The molecule has 0 fully saturated rings. The average Bonchev–Trinajstić information content (AvgIpc) is 2.67. The van der Waals surface area contributed by atoms with Crippen molar-refractivity contribution in [3.05, 3.63) is 76.9 Å². The van der Waals surface area contributed by atoms with Crippen LogP contribution in [0.2, 0.25) is 0 Å². The van der Waals surface area contributed by atoms with Crippen LogP contribution < -0.4 is 14.9 Å². The van der Waals surface area contributed by atoms with Gasteiger partial charge in [0.05, 0.1) is 11.1 Å². The Morgan fingerprint density at radius 1 is 1.22 bits per heavy atom. The molecular weight excluding hydrogens is 350 g/mol. The lowest BCUT2D eigenvalue weighted by molar-refractivity contribution is -0.384. The minimum absolute atomic E-state index is 0.0510. The summed E-state index contributed by atoms with van der Waals surface area (Å²) in [6.45, 7) is 5.56. The summed E-state index contributed by atoms with van der Waals surface area (Å²) in [6, 6.07) is 12.6. The zero-order chi connectivity index (χ0) is 19.6. The summed E-state index contributed by atoms with van der Waals surface area (Å²) >= 11 is 0. The van der Waals surface area contributed by atoms with Crippen molar-refractivity contribution < 1.29 is 19.2 Å². The van der Waals surface area contributed by atoms with E-state index in [-0.39, 0.29) is 5.69 Å². The third-order valence-electron chi connectivity index (χ3n) is 3.37. The van der Waals surface area contributed by atoms with Crippen molar-refractivity contribution in [2.75, 3.05) is 6.61 Å². The number of carbonyl (C=O) groups is 1. The molecule has 8 nitrogen and oxygen atoms in total. The van der Waals surface area contributed by atoms with Crippen LogP contribution in [-0.4, -0.2) is 29.8 Å². The Morgan fingerprint density at radius 2 is 1.85 bits per heavy atom. The normalized spacial score (nSPS) is 11.6. The lowest BCUT2D eigenvalue weighted by atomic mass is 10.2. The highest BCUT2D eigenvalue weighted by Crippen LogP contribution is 2.18. The second kappa shape index (κ2) is 9.71. The average molecular weight is 369 g/mol. The summed E-state index contributed by atoms with van der Waals surface area (Å²) in [6.07, 6.45) is 2.33. The first kappa shape index (κ1) is 19.6. The Labute approximate surface area is 156 Å². The van der Waals surface area contributed by atoms with Gasteiger partial charge in [-0.05, 0) is 48.9 Å². The van der Waals surface area contributed by atoms with Crippen molar-refractivity contribution in [2.45, 2.75) is 13.0 Å².